The molecule has 2 aromatic carbocycles. The van der Waals surface area contributed by atoms with Crippen LogP contribution in [-0.4, -0.2) is 26.0 Å². The first-order valence-corrected chi connectivity index (χ1v) is 11.7. The van der Waals surface area contributed by atoms with Crippen molar-refractivity contribution in [2.75, 3.05) is 11.6 Å². The zero-order valence-electron chi connectivity index (χ0n) is 17.7. The molecule has 0 amide bonds. The molecule has 4 aromatic rings. The summed E-state index contributed by atoms with van der Waals surface area (Å²) in [6.45, 7) is 2.09. The third-order valence-corrected chi connectivity index (χ3v) is 6.73. The number of nitrogens with one attached hydrogen (secondary N) is 1. The van der Waals surface area contributed by atoms with Gasteiger partial charge in [-0.25, -0.2) is 4.68 Å². The van der Waals surface area contributed by atoms with Crippen LogP contribution in [0.15, 0.2) is 83.8 Å². The van der Waals surface area contributed by atoms with Gasteiger partial charge in [-0.3, -0.25) is 4.98 Å². The van der Waals surface area contributed by atoms with Gasteiger partial charge < -0.3 is 10.1 Å². The number of fused-ring (bicyclic) bond motifs is 3. The number of anilines is 1. The molecule has 0 unspecified atom stereocenters. The van der Waals surface area contributed by atoms with E-state index in [1.54, 1.807) is 24.3 Å². The summed E-state index contributed by atoms with van der Waals surface area (Å²) in [6.07, 6.45) is 7.08. The van der Waals surface area contributed by atoms with Gasteiger partial charge in [-0.05, 0) is 54.6 Å². The second kappa shape index (κ2) is 7.53. The molecule has 0 fully saturated rings. The van der Waals surface area contributed by atoms with Crippen molar-refractivity contribution in [3.63, 3.8) is 0 Å². The van der Waals surface area contributed by atoms with Gasteiger partial charge in [-0.15, -0.1) is 11.8 Å². The Bertz CT molecular complexity index is 1330. The molecule has 0 saturated carbocycles. The van der Waals surface area contributed by atoms with E-state index in [2.05, 4.69) is 82.1 Å². The quantitative estimate of drug-likeness (QED) is 0.439. The molecule has 0 spiro atoms. The molecule has 0 saturated heterocycles. The number of pyridine rings is 1. The zero-order chi connectivity index (χ0) is 21.7. The van der Waals surface area contributed by atoms with Gasteiger partial charge in [0, 0.05) is 28.4 Å². The van der Waals surface area contributed by atoms with E-state index in [0.29, 0.717) is 5.95 Å². The van der Waals surface area contributed by atoms with Gasteiger partial charge in [0.1, 0.15) is 24.2 Å². The first-order chi connectivity index (χ1) is 15.7. The van der Waals surface area contributed by atoms with Crippen LogP contribution in [0.3, 0.4) is 0 Å². The molecule has 32 heavy (non-hydrogen) atoms. The van der Waals surface area contributed by atoms with E-state index in [-0.39, 0.29) is 12.1 Å². The van der Waals surface area contributed by atoms with Crippen LogP contribution in [0, 0.1) is 6.92 Å². The Morgan fingerprint density at radius 2 is 1.94 bits per heavy atom. The fourth-order valence-electron chi connectivity index (χ4n) is 4.50. The minimum atomic E-state index is -0.272. The predicted molar refractivity (Wildman–Crippen MR) is 126 cm³/mol. The molecule has 6 nitrogen and oxygen atoms in total. The minimum absolute atomic E-state index is 0.184. The van der Waals surface area contributed by atoms with Crippen molar-refractivity contribution in [1.29, 1.82) is 0 Å². The molecule has 2 atom stereocenters. The Balaban J connectivity index is 1.61. The van der Waals surface area contributed by atoms with Crippen LogP contribution < -0.4 is 10.1 Å². The molecule has 1 N–H and O–H groups in total. The maximum atomic E-state index is 6.67. The maximum absolute atomic E-state index is 6.67. The molecule has 7 heteroatoms. The lowest BCUT2D eigenvalue weighted by Crippen LogP contribution is -2.32. The highest BCUT2D eigenvalue weighted by Gasteiger charge is 2.41. The first kappa shape index (κ1) is 19.1. The first-order valence-electron chi connectivity index (χ1n) is 10.4. The molecule has 2 aliphatic heterocycles. The van der Waals surface area contributed by atoms with Crippen LogP contribution in [0.4, 0.5) is 5.95 Å². The van der Waals surface area contributed by atoms with Crippen molar-refractivity contribution in [2.45, 2.75) is 24.0 Å². The summed E-state index contributed by atoms with van der Waals surface area (Å²) in [7, 11) is 0. The Morgan fingerprint density at radius 1 is 1.06 bits per heavy atom. The molecule has 0 bridgehead atoms. The van der Waals surface area contributed by atoms with Gasteiger partial charge in [-0.1, -0.05) is 29.8 Å². The van der Waals surface area contributed by atoms with E-state index in [1.807, 2.05) is 16.9 Å². The van der Waals surface area contributed by atoms with Crippen molar-refractivity contribution in [3.05, 3.63) is 101 Å². The average Bonchev–Trinajstić information content (AvgIpc) is 3.31. The minimum Gasteiger partial charge on any atom is -0.480 e. The van der Waals surface area contributed by atoms with Crippen LogP contribution in [0.25, 0.3) is 5.70 Å². The van der Waals surface area contributed by atoms with Crippen LogP contribution in [0.1, 0.15) is 34.4 Å². The van der Waals surface area contributed by atoms with Crippen molar-refractivity contribution < 1.29 is 4.74 Å². The van der Waals surface area contributed by atoms with Gasteiger partial charge in [0.15, 0.2) is 0 Å². The Labute approximate surface area is 190 Å². The normalized spacial score (nSPS) is 18.8. The third kappa shape index (κ3) is 3.00. The summed E-state index contributed by atoms with van der Waals surface area (Å²) in [5, 5.41) is 8.11. The highest BCUT2D eigenvalue weighted by molar-refractivity contribution is 7.98. The van der Waals surface area contributed by atoms with E-state index in [4.69, 9.17) is 4.74 Å². The van der Waals surface area contributed by atoms with Crippen LogP contribution in [-0.2, 0) is 0 Å². The predicted octanol–water partition coefficient (Wildman–Crippen LogP) is 5.26. The zero-order valence-corrected chi connectivity index (χ0v) is 18.5. The lowest BCUT2D eigenvalue weighted by molar-refractivity contribution is 0.223. The standard InChI is InChI=1S/C25H21N5OS/c1-15-5-10-20-19(12-15)22-21(24(31-20)16-6-8-18(32-2)9-7-16)23(17-4-3-11-26-13-17)30-25(29-22)27-14-28-30/h3-14,23-24H,1-2H3,(H,27,28,29)/t23-,24-/m0/s1. The van der Waals surface area contributed by atoms with Crippen molar-refractivity contribution in [1.82, 2.24) is 19.7 Å². The molecular weight excluding hydrogens is 418 g/mol. The van der Waals surface area contributed by atoms with Gasteiger partial charge in [0.05, 0.1) is 5.70 Å². The second-order valence-electron chi connectivity index (χ2n) is 7.94. The van der Waals surface area contributed by atoms with E-state index in [0.717, 1.165) is 33.7 Å². The van der Waals surface area contributed by atoms with E-state index < -0.39 is 0 Å². The molecule has 0 aliphatic carbocycles. The highest BCUT2D eigenvalue weighted by Crippen LogP contribution is 2.50. The fourth-order valence-corrected chi connectivity index (χ4v) is 4.90. The lowest BCUT2D eigenvalue weighted by Gasteiger charge is -2.39. The summed E-state index contributed by atoms with van der Waals surface area (Å²) >= 11 is 1.73. The number of aryl methyl sites for hydroxylation is 1. The number of nitrogens with zero attached hydrogens (tertiary/aromatic N) is 4. The van der Waals surface area contributed by atoms with E-state index in [1.165, 1.54) is 10.5 Å². The molecule has 2 aromatic heterocycles. The van der Waals surface area contributed by atoms with Crippen molar-refractivity contribution in [3.8, 4) is 5.75 Å². The van der Waals surface area contributed by atoms with E-state index >= 15 is 0 Å². The summed E-state index contributed by atoms with van der Waals surface area (Å²) in [5.41, 5.74) is 6.49. The van der Waals surface area contributed by atoms with Gasteiger partial charge >= 0.3 is 0 Å². The number of benzene rings is 2. The lowest BCUT2D eigenvalue weighted by atomic mass is 9.85. The van der Waals surface area contributed by atoms with Crippen molar-refractivity contribution >= 4 is 23.4 Å². The van der Waals surface area contributed by atoms with Gasteiger partial charge in [0.25, 0.3) is 0 Å². The van der Waals surface area contributed by atoms with Gasteiger partial charge in [0.2, 0.25) is 5.95 Å². The highest BCUT2D eigenvalue weighted by atomic mass is 32.2. The number of thioether (sulfide) groups is 1. The number of rotatable bonds is 3. The molecule has 4 heterocycles. The molecule has 6 rings (SSSR count). The third-order valence-electron chi connectivity index (χ3n) is 5.99. The fraction of sp³-hybridized carbons (Fsp3) is 0.160. The average molecular weight is 440 g/mol. The topological polar surface area (TPSA) is 64.9 Å². The number of aromatic nitrogens is 4. The summed E-state index contributed by atoms with van der Waals surface area (Å²) in [6, 6.07) is 18.7. The monoisotopic (exact) mass is 439 g/mol. The smallest absolute Gasteiger partial charge is 0.226 e. The maximum Gasteiger partial charge on any atom is 0.226 e. The molecule has 0 radical (unpaired) electrons. The number of ether oxygens (including phenoxy) is 1. The van der Waals surface area contributed by atoms with Crippen LogP contribution in [0.2, 0.25) is 0 Å². The molecule has 158 valence electrons. The molecular formula is C25H21N5OS. The Hall–Kier alpha value is -3.58. The van der Waals surface area contributed by atoms with Gasteiger partial charge in [-0.2, -0.15) is 10.1 Å². The summed E-state index contributed by atoms with van der Waals surface area (Å²) in [4.78, 5) is 10.1. The SMILES string of the molecule is CSc1ccc([C@@H]2Oc3ccc(C)cc3C3=C2[C@H](c2cccnc2)n2ncnc2N3)cc1. The number of hydrogen-bond acceptors (Lipinski definition) is 6. The van der Waals surface area contributed by atoms with E-state index in [9.17, 15) is 0 Å². The molecule has 2 aliphatic rings. The summed E-state index contributed by atoms with van der Waals surface area (Å²) < 4.78 is 8.59. The van der Waals surface area contributed by atoms with Crippen LogP contribution in [0.5, 0.6) is 5.75 Å². The Kier molecular flexibility index (Phi) is 4.50. The van der Waals surface area contributed by atoms with Crippen LogP contribution >= 0.6 is 11.8 Å². The summed E-state index contributed by atoms with van der Waals surface area (Å²) in [5.74, 6) is 1.57. The number of hydrogen-bond donors (Lipinski definition) is 1. The Morgan fingerprint density at radius 3 is 2.72 bits per heavy atom. The second-order valence-corrected chi connectivity index (χ2v) is 8.82. The van der Waals surface area contributed by atoms with Crippen molar-refractivity contribution in [2.24, 2.45) is 0 Å². The largest absolute Gasteiger partial charge is 0.480 e.